The molecular formula is C15H25N3. The standard InChI is InChI=1S/C15H25N3/c1-2-4-13(5-3-1)11-18-12-15(10-17-18)14-6-8-16-9-7-14/h10,12-14,16H,1-9,11H2. The average Bonchev–Trinajstić information content (AvgIpc) is 2.89. The third kappa shape index (κ3) is 2.94. The van der Waals surface area contributed by atoms with Gasteiger partial charge in [-0.25, -0.2) is 0 Å². The molecule has 1 saturated carbocycles. The van der Waals surface area contributed by atoms with E-state index in [0.717, 1.165) is 18.4 Å². The number of aromatic nitrogens is 2. The minimum absolute atomic E-state index is 0.742. The summed E-state index contributed by atoms with van der Waals surface area (Å²) < 4.78 is 2.20. The molecule has 0 atom stereocenters. The van der Waals surface area contributed by atoms with Crippen LogP contribution in [0.4, 0.5) is 0 Å². The van der Waals surface area contributed by atoms with E-state index in [1.165, 1.54) is 63.6 Å². The largest absolute Gasteiger partial charge is 0.317 e. The van der Waals surface area contributed by atoms with Crippen LogP contribution in [-0.2, 0) is 6.54 Å². The molecule has 2 aliphatic rings. The summed E-state index contributed by atoms with van der Waals surface area (Å²) in [6.07, 6.45) is 14.1. The van der Waals surface area contributed by atoms with Crippen LogP contribution < -0.4 is 5.32 Å². The number of nitrogens with zero attached hydrogens (tertiary/aromatic N) is 2. The number of nitrogens with one attached hydrogen (secondary N) is 1. The number of piperidine rings is 1. The van der Waals surface area contributed by atoms with Crippen molar-refractivity contribution in [3.63, 3.8) is 0 Å². The Morgan fingerprint density at radius 3 is 2.67 bits per heavy atom. The summed E-state index contributed by atoms with van der Waals surface area (Å²) in [5.41, 5.74) is 1.47. The van der Waals surface area contributed by atoms with Gasteiger partial charge in [-0.3, -0.25) is 4.68 Å². The van der Waals surface area contributed by atoms with Crippen LogP contribution in [0.25, 0.3) is 0 Å². The minimum atomic E-state index is 0.742. The fourth-order valence-corrected chi connectivity index (χ4v) is 3.48. The number of rotatable bonds is 3. The topological polar surface area (TPSA) is 29.9 Å². The first-order valence-corrected chi connectivity index (χ1v) is 7.65. The van der Waals surface area contributed by atoms with Gasteiger partial charge < -0.3 is 5.32 Å². The van der Waals surface area contributed by atoms with Crippen LogP contribution in [0.2, 0.25) is 0 Å². The summed E-state index contributed by atoms with van der Waals surface area (Å²) in [6.45, 7) is 3.47. The molecule has 0 spiro atoms. The van der Waals surface area contributed by atoms with Crippen LogP contribution >= 0.6 is 0 Å². The zero-order valence-electron chi connectivity index (χ0n) is 11.3. The lowest BCUT2D eigenvalue weighted by atomic mass is 9.89. The molecule has 0 radical (unpaired) electrons. The van der Waals surface area contributed by atoms with Gasteiger partial charge in [0.1, 0.15) is 0 Å². The summed E-state index contributed by atoms with van der Waals surface area (Å²) in [7, 11) is 0. The fourth-order valence-electron chi connectivity index (χ4n) is 3.48. The molecule has 1 aromatic rings. The zero-order chi connectivity index (χ0) is 12.2. The maximum Gasteiger partial charge on any atom is 0.0524 e. The van der Waals surface area contributed by atoms with Crippen LogP contribution in [0.5, 0.6) is 0 Å². The van der Waals surface area contributed by atoms with Gasteiger partial charge in [-0.15, -0.1) is 0 Å². The molecule has 3 nitrogen and oxygen atoms in total. The van der Waals surface area contributed by atoms with Crippen molar-refractivity contribution in [3.8, 4) is 0 Å². The Bertz CT molecular complexity index is 360. The highest BCUT2D eigenvalue weighted by Crippen LogP contribution is 2.27. The molecule has 1 aliphatic carbocycles. The van der Waals surface area contributed by atoms with E-state index in [2.05, 4.69) is 27.5 Å². The van der Waals surface area contributed by atoms with Gasteiger partial charge in [-0.1, -0.05) is 19.3 Å². The fraction of sp³-hybridized carbons (Fsp3) is 0.800. The smallest absolute Gasteiger partial charge is 0.0524 e. The van der Waals surface area contributed by atoms with Gasteiger partial charge in [0.25, 0.3) is 0 Å². The summed E-state index contributed by atoms with van der Waals surface area (Å²) in [5, 5.41) is 8.01. The monoisotopic (exact) mass is 247 g/mol. The van der Waals surface area contributed by atoms with E-state index in [-0.39, 0.29) is 0 Å². The number of hydrogen-bond acceptors (Lipinski definition) is 2. The first kappa shape index (κ1) is 12.2. The van der Waals surface area contributed by atoms with Crippen molar-refractivity contribution in [3.05, 3.63) is 18.0 Å². The van der Waals surface area contributed by atoms with E-state index in [9.17, 15) is 0 Å². The van der Waals surface area contributed by atoms with Crippen LogP contribution in [0.15, 0.2) is 12.4 Å². The third-order valence-electron chi connectivity index (χ3n) is 4.63. The van der Waals surface area contributed by atoms with E-state index in [1.54, 1.807) is 0 Å². The third-order valence-corrected chi connectivity index (χ3v) is 4.63. The number of hydrogen-bond donors (Lipinski definition) is 1. The normalized spacial score (nSPS) is 23.3. The quantitative estimate of drug-likeness (QED) is 0.890. The molecule has 100 valence electrons. The Morgan fingerprint density at radius 2 is 1.89 bits per heavy atom. The van der Waals surface area contributed by atoms with Crippen molar-refractivity contribution in [1.29, 1.82) is 0 Å². The molecule has 0 bridgehead atoms. The van der Waals surface area contributed by atoms with E-state index in [4.69, 9.17) is 0 Å². The first-order valence-electron chi connectivity index (χ1n) is 7.65. The van der Waals surface area contributed by atoms with Crippen molar-refractivity contribution < 1.29 is 0 Å². The Balaban J connectivity index is 1.58. The molecule has 18 heavy (non-hydrogen) atoms. The molecule has 1 saturated heterocycles. The molecule has 2 heterocycles. The van der Waals surface area contributed by atoms with Crippen LogP contribution in [0.1, 0.15) is 56.4 Å². The van der Waals surface area contributed by atoms with Gasteiger partial charge in [-0.2, -0.15) is 5.10 Å². The van der Waals surface area contributed by atoms with Gasteiger partial charge in [0.05, 0.1) is 6.20 Å². The van der Waals surface area contributed by atoms with Gasteiger partial charge in [0.15, 0.2) is 0 Å². The molecular weight excluding hydrogens is 222 g/mol. The Hall–Kier alpha value is -0.830. The van der Waals surface area contributed by atoms with Crippen LogP contribution in [-0.4, -0.2) is 22.9 Å². The van der Waals surface area contributed by atoms with Gasteiger partial charge in [0.2, 0.25) is 0 Å². The summed E-state index contributed by atoms with van der Waals surface area (Å²) in [5.74, 6) is 1.62. The summed E-state index contributed by atoms with van der Waals surface area (Å²) >= 11 is 0. The van der Waals surface area contributed by atoms with Gasteiger partial charge in [0, 0.05) is 12.7 Å². The Kier molecular flexibility index (Phi) is 3.99. The lowest BCUT2D eigenvalue weighted by Crippen LogP contribution is -2.26. The van der Waals surface area contributed by atoms with Gasteiger partial charge >= 0.3 is 0 Å². The highest BCUT2D eigenvalue weighted by molar-refractivity contribution is 5.12. The molecule has 0 amide bonds. The molecule has 3 rings (SSSR count). The Labute approximate surface area is 110 Å². The molecule has 1 aliphatic heterocycles. The molecule has 1 aromatic heterocycles. The van der Waals surface area contributed by atoms with E-state index >= 15 is 0 Å². The van der Waals surface area contributed by atoms with Gasteiger partial charge in [-0.05, 0) is 56.2 Å². The molecule has 0 aromatic carbocycles. The maximum atomic E-state index is 4.58. The van der Waals surface area contributed by atoms with Crippen molar-refractivity contribution in [2.45, 2.75) is 57.4 Å². The highest BCUT2D eigenvalue weighted by Gasteiger charge is 2.18. The van der Waals surface area contributed by atoms with Crippen molar-refractivity contribution in [2.75, 3.05) is 13.1 Å². The SMILES string of the molecule is c1nn(CC2CCCCC2)cc1C1CCNCC1. The van der Waals surface area contributed by atoms with E-state index in [1.807, 2.05) is 0 Å². The minimum Gasteiger partial charge on any atom is -0.317 e. The lowest BCUT2D eigenvalue weighted by molar-refractivity contribution is 0.308. The zero-order valence-corrected chi connectivity index (χ0v) is 11.3. The molecule has 2 fully saturated rings. The van der Waals surface area contributed by atoms with Crippen molar-refractivity contribution in [2.24, 2.45) is 5.92 Å². The lowest BCUT2D eigenvalue weighted by Gasteiger charge is -2.22. The van der Waals surface area contributed by atoms with Crippen molar-refractivity contribution in [1.82, 2.24) is 15.1 Å². The predicted octanol–water partition coefficient (Wildman–Crippen LogP) is 2.93. The molecule has 3 heteroatoms. The predicted molar refractivity (Wildman–Crippen MR) is 73.6 cm³/mol. The van der Waals surface area contributed by atoms with Crippen molar-refractivity contribution >= 4 is 0 Å². The molecule has 0 unspecified atom stereocenters. The first-order chi connectivity index (χ1) is 8.92. The summed E-state index contributed by atoms with van der Waals surface area (Å²) in [4.78, 5) is 0. The second kappa shape index (κ2) is 5.87. The van der Waals surface area contributed by atoms with E-state index < -0.39 is 0 Å². The summed E-state index contributed by atoms with van der Waals surface area (Å²) in [6, 6.07) is 0. The maximum absolute atomic E-state index is 4.58. The van der Waals surface area contributed by atoms with E-state index in [0.29, 0.717) is 0 Å². The highest BCUT2D eigenvalue weighted by atomic mass is 15.3. The van der Waals surface area contributed by atoms with Crippen LogP contribution in [0, 0.1) is 5.92 Å². The second-order valence-corrected chi connectivity index (χ2v) is 6.02. The van der Waals surface area contributed by atoms with Crippen LogP contribution in [0.3, 0.4) is 0 Å². The Morgan fingerprint density at radius 1 is 1.11 bits per heavy atom. The average molecular weight is 247 g/mol. The second-order valence-electron chi connectivity index (χ2n) is 6.02. The molecule has 1 N–H and O–H groups in total.